The van der Waals surface area contributed by atoms with Crippen LogP contribution in [0.3, 0.4) is 0 Å². The van der Waals surface area contributed by atoms with E-state index in [1.807, 2.05) is 20.8 Å². The highest BCUT2D eigenvalue weighted by atomic mass is 16.3. The Morgan fingerprint density at radius 1 is 1.62 bits per heavy atom. The molecular formula is C8H16N4O. The smallest absolute Gasteiger partial charge is 0.165 e. The summed E-state index contributed by atoms with van der Waals surface area (Å²) in [4.78, 5) is 1.41. The van der Waals surface area contributed by atoms with Crippen molar-refractivity contribution in [2.75, 3.05) is 5.73 Å². The van der Waals surface area contributed by atoms with E-state index in [-0.39, 0.29) is 5.41 Å². The van der Waals surface area contributed by atoms with Crippen LogP contribution >= 0.6 is 0 Å². The van der Waals surface area contributed by atoms with Crippen LogP contribution in [0.5, 0.6) is 0 Å². The first-order valence-electron chi connectivity index (χ1n) is 4.23. The van der Waals surface area contributed by atoms with Crippen LogP contribution in [-0.4, -0.2) is 26.2 Å². The average Bonchev–Trinajstić information content (AvgIpc) is 2.33. The highest BCUT2D eigenvalue weighted by molar-refractivity contribution is 5.19. The van der Waals surface area contributed by atoms with Crippen LogP contribution in [0, 0.1) is 5.41 Å². The summed E-state index contributed by atoms with van der Waals surface area (Å²) >= 11 is 0. The minimum atomic E-state index is -0.473. The third kappa shape index (κ3) is 2.69. The van der Waals surface area contributed by atoms with Gasteiger partial charge in [0.15, 0.2) is 5.82 Å². The Morgan fingerprint density at radius 2 is 2.23 bits per heavy atom. The van der Waals surface area contributed by atoms with E-state index in [0.717, 1.165) is 0 Å². The van der Waals surface area contributed by atoms with Gasteiger partial charge in [-0.25, -0.2) is 0 Å². The van der Waals surface area contributed by atoms with E-state index in [2.05, 4.69) is 10.2 Å². The van der Waals surface area contributed by atoms with Gasteiger partial charge in [0.25, 0.3) is 0 Å². The molecular weight excluding hydrogens is 168 g/mol. The number of nitrogen functional groups attached to an aromatic ring is 1. The van der Waals surface area contributed by atoms with Gasteiger partial charge < -0.3 is 10.8 Å². The van der Waals surface area contributed by atoms with Gasteiger partial charge in [0.2, 0.25) is 0 Å². The van der Waals surface area contributed by atoms with Crippen LogP contribution in [0.15, 0.2) is 6.20 Å². The van der Waals surface area contributed by atoms with E-state index < -0.39 is 6.10 Å². The lowest BCUT2D eigenvalue weighted by Gasteiger charge is -2.24. The van der Waals surface area contributed by atoms with E-state index in [0.29, 0.717) is 12.4 Å². The Kier molecular flexibility index (Phi) is 2.56. The van der Waals surface area contributed by atoms with Crippen molar-refractivity contribution in [1.29, 1.82) is 0 Å². The van der Waals surface area contributed by atoms with E-state index in [9.17, 15) is 5.11 Å². The SMILES string of the molecule is CC(C)(C)C(O)Cn1ncc(N)n1. The zero-order valence-electron chi connectivity index (χ0n) is 8.23. The lowest BCUT2D eigenvalue weighted by molar-refractivity contribution is 0.0415. The molecule has 1 aromatic rings. The predicted molar refractivity (Wildman–Crippen MR) is 49.9 cm³/mol. The zero-order valence-corrected chi connectivity index (χ0v) is 8.23. The Morgan fingerprint density at radius 3 is 2.62 bits per heavy atom. The van der Waals surface area contributed by atoms with Gasteiger partial charge in [-0.15, -0.1) is 5.10 Å². The summed E-state index contributed by atoms with van der Waals surface area (Å²) in [7, 11) is 0. The molecule has 0 amide bonds. The normalized spacial score (nSPS) is 14.5. The van der Waals surface area contributed by atoms with E-state index in [1.54, 1.807) is 0 Å². The monoisotopic (exact) mass is 184 g/mol. The molecule has 1 rings (SSSR count). The van der Waals surface area contributed by atoms with Gasteiger partial charge in [-0.3, -0.25) is 0 Å². The largest absolute Gasteiger partial charge is 0.391 e. The van der Waals surface area contributed by atoms with Crippen molar-refractivity contribution in [2.24, 2.45) is 5.41 Å². The zero-order chi connectivity index (χ0) is 10.1. The number of hydrogen-bond donors (Lipinski definition) is 2. The lowest BCUT2D eigenvalue weighted by atomic mass is 9.89. The first-order chi connectivity index (χ1) is 5.89. The summed E-state index contributed by atoms with van der Waals surface area (Å²) in [5, 5.41) is 17.5. The van der Waals surface area contributed by atoms with Crippen LogP contribution < -0.4 is 5.73 Å². The first kappa shape index (κ1) is 9.98. The molecule has 3 N–H and O–H groups in total. The Bertz CT molecular complexity index is 276. The van der Waals surface area contributed by atoms with Gasteiger partial charge in [-0.1, -0.05) is 20.8 Å². The topological polar surface area (TPSA) is 77.0 Å². The molecule has 0 aliphatic heterocycles. The van der Waals surface area contributed by atoms with Crippen molar-refractivity contribution < 1.29 is 5.11 Å². The molecule has 0 aliphatic carbocycles. The number of aliphatic hydroxyl groups is 1. The number of anilines is 1. The summed E-state index contributed by atoms with van der Waals surface area (Å²) in [5.41, 5.74) is 5.22. The number of rotatable bonds is 2. The second-order valence-corrected chi connectivity index (χ2v) is 4.21. The number of hydrogen-bond acceptors (Lipinski definition) is 4. The fourth-order valence-corrected chi connectivity index (χ4v) is 0.827. The van der Waals surface area contributed by atoms with Crippen molar-refractivity contribution in [1.82, 2.24) is 15.0 Å². The van der Waals surface area contributed by atoms with E-state index >= 15 is 0 Å². The minimum Gasteiger partial charge on any atom is -0.391 e. The number of nitrogens with zero attached hydrogens (tertiary/aromatic N) is 3. The second-order valence-electron chi connectivity index (χ2n) is 4.21. The summed E-state index contributed by atoms with van der Waals surface area (Å²) in [5.74, 6) is 0.376. The van der Waals surface area contributed by atoms with Gasteiger partial charge in [0.05, 0.1) is 18.8 Å². The van der Waals surface area contributed by atoms with Gasteiger partial charge in [0, 0.05) is 0 Å². The Labute approximate surface area is 77.6 Å². The first-order valence-corrected chi connectivity index (χ1v) is 4.23. The molecule has 0 radical (unpaired) electrons. The predicted octanol–water partition coefficient (Wildman–Crippen LogP) is 0.267. The summed E-state index contributed by atoms with van der Waals surface area (Å²) < 4.78 is 0. The molecule has 13 heavy (non-hydrogen) atoms. The standard InChI is InChI=1S/C8H16N4O/c1-8(2,3)6(13)5-12-10-4-7(9)11-12/h4,6,13H,5H2,1-3H3,(H2,9,11). The third-order valence-electron chi connectivity index (χ3n) is 1.89. The van der Waals surface area contributed by atoms with Crippen molar-refractivity contribution in [3.05, 3.63) is 6.20 Å². The van der Waals surface area contributed by atoms with Crippen molar-refractivity contribution in [3.8, 4) is 0 Å². The van der Waals surface area contributed by atoms with Gasteiger partial charge in [0.1, 0.15) is 0 Å². The van der Waals surface area contributed by atoms with Crippen LogP contribution in [0.25, 0.3) is 0 Å². The number of aliphatic hydroxyl groups excluding tert-OH is 1. The molecule has 1 aromatic heterocycles. The summed E-state index contributed by atoms with van der Waals surface area (Å²) in [6, 6.07) is 0. The van der Waals surface area contributed by atoms with Crippen LogP contribution in [0.1, 0.15) is 20.8 Å². The maximum Gasteiger partial charge on any atom is 0.165 e. The molecule has 0 saturated carbocycles. The van der Waals surface area contributed by atoms with Crippen LogP contribution in [-0.2, 0) is 6.54 Å². The maximum absolute atomic E-state index is 9.71. The summed E-state index contributed by atoms with van der Waals surface area (Å²) in [6.45, 7) is 6.26. The molecule has 0 bridgehead atoms. The molecule has 5 heteroatoms. The maximum atomic E-state index is 9.71. The lowest BCUT2D eigenvalue weighted by Crippen LogP contribution is -2.31. The second kappa shape index (κ2) is 3.33. The molecule has 5 nitrogen and oxygen atoms in total. The van der Waals surface area contributed by atoms with Gasteiger partial charge in [-0.05, 0) is 5.41 Å². The Balaban J connectivity index is 2.60. The highest BCUT2D eigenvalue weighted by Gasteiger charge is 2.22. The molecule has 1 atom stereocenters. The van der Waals surface area contributed by atoms with Crippen LogP contribution in [0.2, 0.25) is 0 Å². The van der Waals surface area contributed by atoms with Crippen LogP contribution in [0.4, 0.5) is 5.82 Å². The Hall–Kier alpha value is -1.10. The average molecular weight is 184 g/mol. The molecule has 0 fully saturated rings. The molecule has 0 aromatic carbocycles. The van der Waals surface area contributed by atoms with Crippen molar-refractivity contribution in [3.63, 3.8) is 0 Å². The third-order valence-corrected chi connectivity index (χ3v) is 1.89. The minimum absolute atomic E-state index is 0.164. The number of nitrogens with two attached hydrogens (primary N) is 1. The fourth-order valence-electron chi connectivity index (χ4n) is 0.827. The number of aromatic nitrogens is 3. The van der Waals surface area contributed by atoms with Crippen molar-refractivity contribution in [2.45, 2.75) is 33.4 Å². The highest BCUT2D eigenvalue weighted by Crippen LogP contribution is 2.19. The molecule has 1 unspecified atom stereocenters. The van der Waals surface area contributed by atoms with Gasteiger partial charge in [-0.2, -0.15) is 9.90 Å². The summed E-state index contributed by atoms with van der Waals surface area (Å²) in [6.07, 6.45) is 0.995. The van der Waals surface area contributed by atoms with Crippen molar-refractivity contribution >= 4 is 5.82 Å². The quantitative estimate of drug-likeness (QED) is 0.691. The fraction of sp³-hybridized carbons (Fsp3) is 0.750. The van der Waals surface area contributed by atoms with E-state index in [1.165, 1.54) is 11.0 Å². The molecule has 0 saturated heterocycles. The molecule has 74 valence electrons. The molecule has 1 heterocycles. The molecule has 0 aliphatic rings. The van der Waals surface area contributed by atoms with E-state index in [4.69, 9.17) is 5.73 Å². The molecule has 0 spiro atoms. The van der Waals surface area contributed by atoms with Gasteiger partial charge >= 0.3 is 0 Å².